The molecule has 2 bridgehead atoms. The molecule has 2 unspecified atom stereocenters. The minimum absolute atomic E-state index is 0.665. The zero-order valence-electron chi connectivity index (χ0n) is 12.7. The third-order valence-corrected chi connectivity index (χ3v) is 5.40. The molecule has 0 amide bonds. The van der Waals surface area contributed by atoms with Crippen LogP contribution in [0, 0.1) is 11.8 Å². The van der Waals surface area contributed by atoms with Crippen molar-refractivity contribution in [3.63, 3.8) is 0 Å². The van der Waals surface area contributed by atoms with Crippen LogP contribution in [-0.2, 0) is 6.42 Å². The third-order valence-electron chi connectivity index (χ3n) is 5.40. The maximum Gasteiger partial charge on any atom is 0.134 e. The van der Waals surface area contributed by atoms with Crippen LogP contribution in [0.5, 0.6) is 0 Å². The van der Waals surface area contributed by atoms with Crippen molar-refractivity contribution in [3.8, 4) is 0 Å². The van der Waals surface area contributed by atoms with E-state index >= 15 is 0 Å². The topological polar surface area (TPSA) is 16.4 Å². The Balaban J connectivity index is 1.45. The molecule has 2 heteroatoms. The standard InChI is InChI=1S/C19H23NO/c1-2-14-11-17-8-7-15(14)12-20(17)10-9-16-13-21-19-6-4-3-5-18(16)19/h3-8,13-15,17H,2,9-12H2,1H3/t14-,15?,17?/m0/s1. The summed E-state index contributed by atoms with van der Waals surface area (Å²) < 4.78 is 5.65. The molecule has 1 aliphatic carbocycles. The fourth-order valence-electron chi connectivity index (χ4n) is 4.10. The van der Waals surface area contributed by atoms with Crippen LogP contribution in [0.15, 0.2) is 47.1 Å². The summed E-state index contributed by atoms with van der Waals surface area (Å²) in [7, 11) is 0. The largest absolute Gasteiger partial charge is 0.464 e. The zero-order chi connectivity index (χ0) is 14.2. The fraction of sp³-hybridized carbons (Fsp3) is 0.474. The zero-order valence-corrected chi connectivity index (χ0v) is 12.7. The number of piperidine rings is 1. The molecule has 2 aromatic rings. The van der Waals surface area contributed by atoms with Gasteiger partial charge in [0.1, 0.15) is 5.58 Å². The van der Waals surface area contributed by atoms with Crippen molar-refractivity contribution in [1.82, 2.24) is 4.90 Å². The van der Waals surface area contributed by atoms with E-state index in [1.165, 1.54) is 30.3 Å². The summed E-state index contributed by atoms with van der Waals surface area (Å²) in [5, 5.41) is 1.28. The highest BCUT2D eigenvalue weighted by molar-refractivity contribution is 5.80. The molecule has 5 rings (SSSR count). The van der Waals surface area contributed by atoms with E-state index in [4.69, 9.17) is 4.42 Å². The lowest BCUT2D eigenvalue weighted by Crippen LogP contribution is -2.49. The van der Waals surface area contributed by atoms with E-state index < -0.39 is 0 Å². The second-order valence-corrected chi connectivity index (χ2v) is 6.52. The number of benzene rings is 1. The van der Waals surface area contributed by atoms with Crippen molar-refractivity contribution < 1.29 is 4.42 Å². The van der Waals surface area contributed by atoms with Gasteiger partial charge in [-0.05, 0) is 36.3 Å². The second kappa shape index (κ2) is 5.34. The first-order valence-corrected chi connectivity index (χ1v) is 8.22. The van der Waals surface area contributed by atoms with Crippen molar-refractivity contribution in [1.29, 1.82) is 0 Å². The molecule has 2 aliphatic heterocycles. The summed E-state index contributed by atoms with van der Waals surface area (Å²) in [4.78, 5) is 2.67. The lowest BCUT2D eigenvalue weighted by atomic mass is 9.75. The number of hydrogen-bond acceptors (Lipinski definition) is 2. The van der Waals surface area contributed by atoms with Crippen LogP contribution >= 0.6 is 0 Å². The molecular weight excluding hydrogens is 258 g/mol. The van der Waals surface area contributed by atoms with Gasteiger partial charge in [-0.25, -0.2) is 0 Å². The maximum absolute atomic E-state index is 5.65. The molecule has 1 aromatic heterocycles. The summed E-state index contributed by atoms with van der Waals surface area (Å²) in [5.41, 5.74) is 2.36. The fourth-order valence-corrected chi connectivity index (χ4v) is 4.10. The van der Waals surface area contributed by atoms with Crippen LogP contribution in [0.3, 0.4) is 0 Å². The molecule has 0 radical (unpaired) electrons. The third kappa shape index (κ3) is 2.32. The Labute approximate surface area is 126 Å². The van der Waals surface area contributed by atoms with E-state index in [0.717, 1.165) is 30.4 Å². The van der Waals surface area contributed by atoms with Gasteiger partial charge in [0.05, 0.1) is 6.26 Å². The van der Waals surface area contributed by atoms with Crippen molar-refractivity contribution >= 4 is 11.0 Å². The van der Waals surface area contributed by atoms with Crippen LogP contribution in [0.25, 0.3) is 11.0 Å². The van der Waals surface area contributed by atoms with Crippen LogP contribution in [0.2, 0.25) is 0 Å². The monoisotopic (exact) mass is 281 g/mol. The van der Waals surface area contributed by atoms with Crippen LogP contribution in [0.4, 0.5) is 0 Å². The molecule has 0 spiro atoms. The Bertz CT molecular complexity index is 656. The van der Waals surface area contributed by atoms with E-state index in [-0.39, 0.29) is 0 Å². The maximum atomic E-state index is 5.65. The Morgan fingerprint density at radius 1 is 1.24 bits per heavy atom. The first-order chi connectivity index (χ1) is 10.3. The van der Waals surface area contributed by atoms with Crippen molar-refractivity contribution in [2.45, 2.75) is 32.2 Å². The average molecular weight is 281 g/mol. The highest BCUT2D eigenvalue weighted by Gasteiger charge is 2.35. The van der Waals surface area contributed by atoms with Crippen LogP contribution in [-0.4, -0.2) is 24.0 Å². The molecule has 1 saturated heterocycles. The van der Waals surface area contributed by atoms with Gasteiger partial charge in [-0.1, -0.05) is 43.7 Å². The highest BCUT2D eigenvalue weighted by atomic mass is 16.3. The quantitative estimate of drug-likeness (QED) is 0.778. The van der Waals surface area contributed by atoms with Gasteiger partial charge in [-0.15, -0.1) is 0 Å². The van der Waals surface area contributed by atoms with Crippen LogP contribution in [0.1, 0.15) is 25.3 Å². The Hall–Kier alpha value is -1.54. The minimum Gasteiger partial charge on any atom is -0.464 e. The minimum atomic E-state index is 0.665. The molecule has 110 valence electrons. The normalized spacial score (nSPS) is 28.5. The van der Waals surface area contributed by atoms with E-state index in [9.17, 15) is 0 Å². The number of rotatable bonds is 4. The number of furan rings is 1. The molecule has 0 saturated carbocycles. The van der Waals surface area contributed by atoms with Crippen molar-refractivity contribution in [2.24, 2.45) is 11.8 Å². The van der Waals surface area contributed by atoms with Crippen molar-refractivity contribution in [3.05, 3.63) is 48.2 Å². The molecule has 2 nitrogen and oxygen atoms in total. The lowest BCUT2D eigenvalue weighted by Gasteiger charge is -2.46. The molecular formula is C19H23NO. The SMILES string of the molecule is CC[C@H]1CC2C=CC1CN2CCc1coc2ccccc12. The average Bonchev–Trinajstić information content (AvgIpc) is 2.96. The number of nitrogens with zero attached hydrogens (tertiary/aromatic N) is 1. The van der Waals surface area contributed by atoms with E-state index in [1.54, 1.807) is 0 Å². The number of fused-ring (bicyclic) bond motifs is 3. The lowest BCUT2D eigenvalue weighted by molar-refractivity contribution is 0.0894. The Morgan fingerprint density at radius 3 is 2.95 bits per heavy atom. The molecule has 1 aromatic carbocycles. The first kappa shape index (κ1) is 13.1. The number of hydrogen-bond donors (Lipinski definition) is 0. The van der Waals surface area contributed by atoms with E-state index in [0.29, 0.717) is 6.04 Å². The van der Waals surface area contributed by atoms with Crippen LogP contribution < -0.4 is 0 Å². The van der Waals surface area contributed by atoms with Gasteiger partial charge < -0.3 is 4.42 Å². The molecule has 21 heavy (non-hydrogen) atoms. The van der Waals surface area contributed by atoms with Gasteiger partial charge in [0.15, 0.2) is 0 Å². The van der Waals surface area contributed by atoms with Gasteiger partial charge in [0.25, 0.3) is 0 Å². The smallest absolute Gasteiger partial charge is 0.134 e. The van der Waals surface area contributed by atoms with E-state index in [2.05, 4.69) is 42.2 Å². The van der Waals surface area contributed by atoms with E-state index in [1.807, 2.05) is 12.3 Å². The molecule has 1 fully saturated rings. The predicted octanol–water partition coefficient (Wildman–Crippen LogP) is 4.26. The van der Waals surface area contributed by atoms with Gasteiger partial charge in [0.2, 0.25) is 0 Å². The molecule has 3 atom stereocenters. The predicted molar refractivity (Wildman–Crippen MR) is 86.3 cm³/mol. The summed E-state index contributed by atoms with van der Waals surface area (Å²) in [6.07, 6.45) is 10.6. The first-order valence-electron chi connectivity index (χ1n) is 8.22. The second-order valence-electron chi connectivity index (χ2n) is 6.52. The van der Waals surface area contributed by atoms with Gasteiger partial charge in [0, 0.05) is 24.5 Å². The highest BCUT2D eigenvalue weighted by Crippen LogP contribution is 2.36. The van der Waals surface area contributed by atoms with Crippen molar-refractivity contribution in [2.75, 3.05) is 13.1 Å². The number of para-hydroxylation sites is 1. The summed E-state index contributed by atoms with van der Waals surface area (Å²) in [5.74, 6) is 1.69. The van der Waals surface area contributed by atoms with Gasteiger partial charge in [-0.3, -0.25) is 4.90 Å². The molecule has 3 heterocycles. The van der Waals surface area contributed by atoms with Gasteiger partial charge in [-0.2, -0.15) is 0 Å². The molecule has 0 N–H and O–H groups in total. The summed E-state index contributed by atoms with van der Waals surface area (Å²) >= 11 is 0. The Morgan fingerprint density at radius 2 is 2.14 bits per heavy atom. The van der Waals surface area contributed by atoms with Gasteiger partial charge >= 0.3 is 0 Å². The summed E-state index contributed by atoms with van der Waals surface area (Å²) in [6, 6.07) is 9.02. The Kier molecular flexibility index (Phi) is 3.34. The molecule has 3 aliphatic rings. The summed E-state index contributed by atoms with van der Waals surface area (Å²) in [6.45, 7) is 4.72.